The minimum absolute atomic E-state index is 0.0341. The second kappa shape index (κ2) is 9.34. The van der Waals surface area contributed by atoms with E-state index in [1.807, 2.05) is 46.8 Å². The minimum Gasteiger partial charge on any atom is -0.366 e. The number of halogens is 1. The summed E-state index contributed by atoms with van der Waals surface area (Å²) in [6, 6.07) is 14.6. The number of rotatable bonds is 6. The predicted molar refractivity (Wildman–Crippen MR) is 122 cm³/mol. The van der Waals surface area contributed by atoms with Crippen LogP contribution in [0.5, 0.6) is 0 Å². The van der Waals surface area contributed by atoms with Gasteiger partial charge in [-0.2, -0.15) is 5.10 Å². The van der Waals surface area contributed by atoms with Crippen LogP contribution < -0.4 is 4.90 Å². The van der Waals surface area contributed by atoms with Crippen LogP contribution in [0.2, 0.25) is 0 Å². The zero-order chi connectivity index (χ0) is 22.7. The number of aromatic nitrogens is 2. The molecule has 6 nitrogen and oxygen atoms in total. The van der Waals surface area contributed by atoms with E-state index in [2.05, 4.69) is 5.10 Å². The van der Waals surface area contributed by atoms with Crippen molar-refractivity contribution in [1.82, 2.24) is 14.7 Å². The molecule has 0 aliphatic carbocycles. The Hall–Kier alpha value is -3.48. The van der Waals surface area contributed by atoms with Gasteiger partial charge in [-0.25, -0.2) is 4.39 Å². The Kier molecular flexibility index (Phi) is 6.35. The van der Waals surface area contributed by atoms with Gasteiger partial charge in [0.05, 0.1) is 29.7 Å². The summed E-state index contributed by atoms with van der Waals surface area (Å²) in [6.07, 6.45) is 2.37. The van der Waals surface area contributed by atoms with E-state index in [4.69, 9.17) is 0 Å². The summed E-state index contributed by atoms with van der Waals surface area (Å²) in [5.74, 6) is -0.605. The van der Waals surface area contributed by atoms with Crippen molar-refractivity contribution in [3.8, 4) is 0 Å². The first kappa shape index (κ1) is 21.7. The second-order valence-corrected chi connectivity index (χ2v) is 8.00. The Morgan fingerprint density at radius 1 is 1.03 bits per heavy atom. The normalized spacial score (nSPS) is 14.0. The summed E-state index contributed by atoms with van der Waals surface area (Å²) >= 11 is 0. The van der Waals surface area contributed by atoms with Crippen LogP contribution in [-0.2, 0) is 13.0 Å². The van der Waals surface area contributed by atoms with Crippen LogP contribution in [-0.4, -0.2) is 52.5 Å². The Labute approximate surface area is 187 Å². The third kappa shape index (κ3) is 4.42. The summed E-state index contributed by atoms with van der Waals surface area (Å²) in [7, 11) is 0. The molecule has 1 amide bonds. The van der Waals surface area contributed by atoms with E-state index in [0.29, 0.717) is 56.0 Å². The van der Waals surface area contributed by atoms with E-state index in [1.54, 1.807) is 23.2 Å². The number of anilines is 1. The van der Waals surface area contributed by atoms with Crippen molar-refractivity contribution in [2.75, 3.05) is 31.1 Å². The number of nitrogens with zero attached hydrogens (tertiary/aromatic N) is 4. The molecule has 1 aliphatic rings. The van der Waals surface area contributed by atoms with Gasteiger partial charge in [0.25, 0.3) is 5.91 Å². The highest BCUT2D eigenvalue weighted by Gasteiger charge is 2.26. The Morgan fingerprint density at radius 3 is 2.38 bits per heavy atom. The van der Waals surface area contributed by atoms with E-state index in [0.717, 1.165) is 11.3 Å². The maximum atomic E-state index is 14.5. The fourth-order valence-corrected chi connectivity index (χ4v) is 4.16. The van der Waals surface area contributed by atoms with Gasteiger partial charge < -0.3 is 9.80 Å². The smallest absolute Gasteiger partial charge is 0.257 e. The average Bonchev–Trinajstić information content (AvgIpc) is 3.21. The molecular weight excluding hydrogens is 407 g/mol. The van der Waals surface area contributed by atoms with E-state index in [-0.39, 0.29) is 11.7 Å². The van der Waals surface area contributed by atoms with Gasteiger partial charge in [-0.3, -0.25) is 14.3 Å². The second-order valence-electron chi connectivity index (χ2n) is 8.00. The van der Waals surface area contributed by atoms with Crippen molar-refractivity contribution in [2.24, 2.45) is 0 Å². The molecule has 0 atom stereocenters. The van der Waals surface area contributed by atoms with Crippen LogP contribution in [0.25, 0.3) is 0 Å². The quantitative estimate of drug-likeness (QED) is 0.554. The molecule has 1 fully saturated rings. The van der Waals surface area contributed by atoms with Crippen LogP contribution >= 0.6 is 0 Å². The topological polar surface area (TPSA) is 58.4 Å². The standard InChI is InChI=1S/C25H27FN4O2/c1-3-23-21(16-27-30(23)17-19-7-5-4-6-8-19)25(32)29-13-11-28(12-14-29)24-10-9-20(18(2)31)15-22(24)26/h4-10,15-16H,3,11-14,17H2,1-2H3. The van der Waals surface area contributed by atoms with E-state index < -0.39 is 5.82 Å². The molecule has 7 heteroatoms. The summed E-state index contributed by atoms with van der Waals surface area (Å²) in [5.41, 5.74) is 3.52. The molecule has 1 aromatic heterocycles. The number of carbonyl (C=O) groups excluding carboxylic acids is 2. The number of hydrogen-bond donors (Lipinski definition) is 0. The van der Waals surface area contributed by atoms with Crippen LogP contribution in [0, 0.1) is 5.82 Å². The van der Waals surface area contributed by atoms with Crippen molar-refractivity contribution < 1.29 is 14.0 Å². The highest BCUT2D eigenvalue weighted by Crippen LogP contribution is 2.23. The molecule has 1 saturated heterocycles. The monoisotopic (exact) mass is 434 g/mol. The molecule has 4 rings (SSSR count). The minimum atomic E-state index is -0.409. The van der Waals surface area contributed by atoms with Gasteiger partial charge in [-0.1, -0.05) is 37.3 Å². The van der Waals surface area contributed by atoms with Gasteiger partial charge in [0.15, 0.2) is 5.78 Å². The van der Waals surface area contributed by atoms with Crippen molar-refractivity contribution in [3.05, 3.63) is 82.9 Å². The first-order valence-corrected chi connectivity index (χ1v) is 10.9. The summed E-state index contributed by atoms with van der Waals surface area (Å²) in [6.45, 7) is 6.13. The van der Waals surface area contributed by atoms with E-state index >= 15 is 0 Å². The van der Waals surface area contributed by atoms with Gasteiger partial charge in [0.1, 0.15) is 5.82 Å². The number of benzene rings is 2. The van der Waals surface area contributed by atoms with Crippen LogP contribution in [0.3, 0.4) is 0 Å². The van der Waals surface area contributed by atoms with Gasteiger partial charge in [0.2, 0.25) is 0 Å². The molecule has 32 heavy (non-hydrogen) atoms. The third-order valence-electron chi connectivity index (χ3n) is 5.95. The Bertz CT molecular complexity index is 1120. The number of amides is 1. The zero-order valence-electron chi connectivity index (χ0n) is 18.4. The van der Waals surface area contributed by atoms with Gasteiger partial charge >= 0.3 is 0 Å². The molecule has 166 valence electrons. The SMILES string of the molecule is CCc1c(C(=O)N2CCN(c3ccc(C(C)=O)cc3F)CC2)cnn1Cc1ccccc1. The molecule has 0 radical (unpaired) electrons. The number of piperazine rings is 1. The molecule has 1 aliphatic heterocycles. The number of hydrogen-bond acceptors (Lipinski definition) is 4. The van der Waals surface area contributed by atoms with E-state index in [9.17, 15) is 14.0 Å². The summed E-state index contributed by atoms with van der Waals surface area (Å²) < 4.78 is 16.4. The lowest BCUT2D eigenvalue weighted by molar-refractivity contribution is 0.0745. The summed E-state index contributed by atoms with van der Waals surface area (Å²) in [4.78, 5) is 28.4. The number of ketones is 1. The first-order valence-electron chi connectivity index (χ1n) is 10.9. The highest BCUT2D eigenvalue weighted by molar-refractivity contribution is 5.95. The lowest BCUT2D eigenvalue weighted by Gasteiger charge is -2.36. The largest absolute Gasteiger partial charge is 0.366 e. The fourth-order valence-electron chi connectivity index (χ4n) is 4.16. The van der Waals surface area contributed by atoms with E-state index in [1.165, 1.54) is 13.0 Å². The number of Topliss-reactive ketones (excluding diaryl/α,β-unsaturated/α-hetero) is 1. The first-order chi connectivity index (χ1) is 15.5. The average molecular weight is 435 g/mol. The molecule has 3 aromatic rings. The molecule has 0 unspecified atom stereocenters. The fraction of sp³-hybridized carbons (Fsp3) is 0.320. The van der Waals surface area contributed by atoms with Crippen molar-refractivity contribution in [1.29, 1.82) is 0 Å². The predicted octanol–water partition coefficient (Wildman–Crippen LogP) is 3.80. The van der Waals surface area contributed by atoms with Gasteiger partial charge in [-0.05, 0) is 37.1 Å². The lowest BCUT2D eigenvalue weighted by Crippen LogP contribution is -2.49. The third-order valence-corrected chi connectivity index (χ3v) is 5.95. The van der Waals surface area contributed by atoms with Crippen LogP contribution in [0.1, 0.15) is 45.8 Å². The molecule has 0 N–H and O–H groups in total. The lowest BCUT2D eigenvalue weighted by atomic mass is 10.1. The molecule has 0 spiro atoms. The van der Waals surface area contributed by atoms with Gasteiger partial charge in [0, 0.05) is 31.7 Å². The molecule has 2 heterocycles. The molecule has 2 aromatic carbocycles. The van der Waals surface area contributed by atoms with Crippen molar-refractivity contribution in [2.45, 2.75) is 26.8 Å². The summed E-state index contributed by atoms with van der Waals surface area (Å²) in [5, 5.41) is 4.48. The van der Waals surface area contributed by atoms with Crippen LogP contribution in [0.15, 0.2) is 54.7 Å². The van der Waals surface area contributed by atoms with Gasteiger partial charge in [-0.15, -0.1) is 0 Å². The maximum Gasteiger partial charge on any atom is 0.257 e. The highest BCUT2D eigenvalue weighted by atomic mass is 19.1. The molecule has 0 bridgehead atoms. The van der Waals surface area contributed by atoms with Crippen LogP contribution in [0.4, 0.5) is 10.1 Å². The Morgan fingerprint density at radius 2 is 1.75 bits per heavy atom. The maximum absolute atomic E-state index is 14.5. The molecular formula is C25H27FN4O2. The van der Waals surface area contributed by atoms with Crippen molar-refractivity contribution >= 4 is 17.4 Å². The molecule has 0 saturated carbocycles. The Balaban J connectivity index is 1.44. The zero-order valence-corrected chi connectivity index (χ0v) is 18.4. The van der Waals surface area contributed by atoms with Crippen molar-refractivity contribution in [3.63, 3.8) is 0 Å². The number of carbonyl (C=O) groups is 2.